The maximum absolute atomic E-state index is 12.3. The van der Waals surface area contributed by atoms with E-state index in [-0.39, 0.29) is 11.9 Å². The van der Waals surface area contributed by atoms with Crippen molar-refractivity contribution in [1.29, 1.82) is 0 Å². The third-order valence-electron chi connectivity index (χ3n) is 4.64. The lowest BCUT2D eigenvalue weighted by Gasteiger charge is -2.23. The highest BCUT2D eigenvalue weighted by atomic mass is 16.2. The number of quaternary nitrogens is 1. The third-order valence-corrected chi connectivity index (χ3v) is 4.64. The molecule has 0 bridgehead atoms. The van der Waals surface area contributed by atoms with E-state index in [1.807, 2.05) is 57.4 Å². The Kier molecular flexibility index (Phi) is 7.94. The zero-order chi connectivity index (χ0) is 22.3. The Morgan fingerprint density at radius 3 is 1.87 bits per heavy atom. The molecule has 8 heteroatoms. The van der Waals surface area contributed by atoms with Gasteiger partial charge in [0.2, 0.25) is 5.91 Å². The number of benzene rings is 2. The number of hydrogen-bond acceptors (Lipinski definition) is 4. The van der Waals surface area contributed by atoms with Gasteiger partial charge in [-0.15, -0.1) is 0 Å². The standard InChI is InChI=1S/C22H29N5O3/c1-15(28)24-17-8-10-18(11-9-17)25-22(30)21(29)23-14-20(27(4)5)16-6-12-19(13-7-16)26(2)3/h6-13,20H,14H2,1-5H3,(H,23,29)(H,24,28)(H,25,30)/p+1/t20-/m0/s1. The molecule has 2 aromatic rings. The van der Waals surface area contributed by atoms with E-state index in [9.17, 15) is 14.4 Å². The van der Waals surface area contributed by atoms with Crippen molar-refractivity contribution < 1.29 is 19.3 Å². The van der Waals surface area contributed by atoms with Crippen molar-refractivity contribution in [2.75, 3.05) is 50.3 Å². The molecule has 2 aromatic carbocycles. The number of hydrogen-bond donors (Lipinski definition) is 4. The minimum atomic E-state index is -0.738. The van der Waals surface area contributed by atoms with E-state index in [1.54, 1.807) is 24.3 Å². The summed E-state index contributed by atoms with van der Waals surface area (Å²) in [4.78, 5) is 38.7. The molecule has 0 spiro atoms. The minimum absolute atomic E-state index is 0.00917. The van der Waals surface area contributed by atoms with Gasteiger partial charge in [-0.1, -0.05) is 12.1 Å². The zero-order valence-corrected chi connectivity index (χ0v) is 18.1. The molecule has 2 rings (SSSR count). The first-order valence-corrected chi connectivity index (χ1v) is 9.71. The highest BCUT2D eigenvalue weighted by molar-refractivity contribution is 6.39. The maximum Gasteiger partial charge on any atom is 0.313 e. The highest BCUT2D eigenvalue weighted by Crippen LogP contribution is 2.16. The van der Waals surface area contributed by atoms with E-state index in [1.165, 1.54) is 6.92 Å². The molecule has 8 nitrogen and oxygen atoms in total. The average molecular weight is 413 g/mol. The summed E-state index contributed by atoms with van der Waals surface area (Å²) in [7, 11) is 7.98. The lowest BCUT2D eigenvalue weighted by Crippen LogP contribution is -3.07. The second-order valence-corrected chi connectivity index (χ2v) is 7.54. The first-order valence-electron chi connectivity index (χ1n) is 9.71. The van der Waals surface area contributed by atoms with Crippen LogP contribution in [0.2, 0.25) is 0 Å². The van der Waals surface area contributed by atoms with Gasteiger partial charge < -0.3 is 25.8 Å². The van der Waals surface area contributed by atoms with Gasteiger partial charge in [0.05, 0.1) is 20.6 Å². The van der Waals surface area contributed by atoms with Crippen LogP contribution in [0.4, 0.5) is 17.1 Å². The van der Waals surface area contributed by atoms with E-state index in [4.69, 9.17) is 0 Å². The number of carbonyl (C=O) groups excluding carboxylic acids is 3. The topological polar surface area (TPSA) is 95.0 Å². The normalized spacial score (nSPS) is 11.5. The number of amides is 3. The molecule has 4 N–H and O–H groups in total. The predicted molar refractivity (Wildman–Crippen MR) is 119 cm³/mol. The van der Waals surface area contributed by atoms with Crippen molar-refractivity contribution in [3.63, 3.8) is 0 Å². The van der Waals surface area contributed by atoms with Gasteiger partial charge in [-0.3, -0.25) is 14.4 Å². The monoisotopic (exact) mass is 412 g/mol. The van der Waals surface area contributed by atoms with Crippen LogP contribution in [-0.4, -0.2) is 52.5 Å². The van der Waals surface area contributed by atoms with Gasteiger partial charge in [0.1, 0.15) is 6.04 Å². The molecule has 0 aliphatic heterocycles. The van der Waals surface area contributed by atoms with Gasteiger partial charge in [0.15, 0.2) is 0 Å². The molecule has 0 radical (unpaired) electrons. The van der Waals surface area contributed by atoms with Gasteiger partial charge >= 0.3 is 11.8 Å². The van der Waals surface area contributed by atoms with E-state index in [2.05, 4.69) is 16.0 Å². The Bertz CT molecular complexity index is 877. The Morgan fingerprint density at radius 1 is 0.867 bits per heavy atom. The fourth-order valence-electron chi connectivity index (χ4n) is 2.96. The molecule has 0 saturated carbocycles. The molecule has 3 amide bonds. The van der Waals surface area contributed by atoms with Crippen LogP contribution < -0.4 is 25.8 Å². The van der Waals surface area contributed by atoms with Crippen LogP contribution in [0.5, 0.6) is 0 Å². The van der Waals surface area contributed by atoms with E-state index < -0.39 is 11.8 Å². The molecule has 1 atom stereocenters. The van der Waals surface area contributed by atoms with Crippen LogP contribution in [0.1, 0.15) is 18.5 Å². The summed E-state index contributed by atoms with van der Waals surface area (Å²) in [6, 6.07) is 14.7. The minimum Gasteiger partial charge on any atom is -0.378 e. The quantitative estimate of drug-likeness (QED) is 0.503. The van der Waals surface area contributed by atoms with Gasteiger partial charge in [-0.25, -0.2) is 0 Å². The Hall–Kier alpha value is -3.39. The Balaban J connectivity index is 1.94. The molecule has 0 aromatic heterocycles. The van der Waals surface area contributed by atoms with E-state index >= 15 is 0 Å². The highest BCUT2D eigenvalue weighted by Gasteiger charge is 2.21. The number of rotatable bonds is 7. The molecule has 0 unspecified atom stereocenters. The number of anilines is 3. The summed E-state index contributed by atoms with van der Waals surface area (Å²) in [5, 5.41) is 7.92. The second kappa shape index (κ2) is 10.4. The van der Waals surface area contributed by atoms with Gasteiger partial charge in [0, 0.05) is 43.6 Å². The van der Waals surface area contributed by atoms with E-state index in [0.717, 1.165) is 16.2 Å². The van der Waals surface area contributed by atoms with Crippen molar-refractivity contribution in [3.05, 3.63) is 54.1 Å². The molecule has 0 fully saturated rings. The summed E-state index contributed by atoms with van der Waals surface area (Å²) in [6.07, 6.45) is 0. The van der Waals surface area contributed by atoms with Crippen molar-refractivity contribution in [3.8, 4) is 0 Å². The lowest BCUT2D eigenvalue weighted by atomic mass is 10.1. The summed E-state index contributed by atoms with van der Waals surface area (Å²) in [5.41, 5.74) is 3.26. The van der Waals surface area contributed by atoms with Crippen LogP contribution in [-0.2, 0) is 14.4 Å². The lowest BCUT2D eigenvalue weighted by molar-refractivity contribution is -0.890. The van der Waals surface area contributed by atoms with Crippen LogP contribution >= 0.6 is 0 Å². The second-order valence-electron chi connectivity index (χ2n) is 7.54. The van der Waals surface area contributed by atoms with Crippen LogP contribution in [0.15, 0.2) is 48.5 Å². The van der Waals surface area contributed by atoms with Crippen LogP contribution in [0.25, 0.3) is 0 Å². The van der Waals surface area contributed by atoms with Gasteiger partial charge in [0.25, 0.3) is 0 Å². The molecule has 0 heterocycles. The fraction of sp³-hybridized carbons (Fsp3) is 0.318. The molecule has 0 aliphatic carbocycles. The summed E-state index contributed by atoms with van der Waals surface area (Å²) in [5.74, 6) is -1.62. The van der Waals surface area contributed by atoms with Crippen molar-refractivity contribution in [2.45, 2.75) is 13.0 Å². The Morgan fingerprint density at radius 2 is 1.40 bits per heavy atom. The number of nitrogens with zero attached hydrogens (tertiary/aromatic N) is 1. The van der Waals surface area contributed by atoms with Crippen molar-refractivity contribution >= 4 is 34.8 Å². The number of likely N-dealkylation sites (N-methyl/N-ethyl adjacent to an activating group) is 1. The first-order chi connectivity index (χ1) is 14.2. The Labute approximate surface area is 177 Å². The summed E-state index contributed by atoms with van der Waals surface area (Å²) in [6.45, 7) is 1.75. The summed E-state index contributed by atoms with van der Waals surface area (Å²) >= 11 is 0. The largest absolute Gasteiger partial charge is 0.378 e. The van der Waals surface area contributed by atoms with Crippen molar-refractivity contribution in [1.82, 2.24) is 5.32 Å². The smallest absolute Gasteiger partial charge is 0.313 e. The van der Waals surface area contributed by atoms with E-state index in [0.29, 0.717) is 17.9 Å². The SMILES string of the molecule is CC(=O)Nc1ccc(NC(=O)C(=O)NC[C@@H](c2ccc(N(C)C)cc2)[NH+](C)C)cc1. The number of nitrogens with one attached hydrogen (secondary N) is 4. The molecule has 0 saturated heterocycles. The first kappa shape index (κ1) is 22.9. The van der Waals surface area contributed by atoms with Crippen LogP contribution in [0.3, 0.4) is 0 Å². The molecular formula is C22H30N5O3+. The molecular weight excluding hydrogens is 382 g/mol. The fourth-order valence-corrected chi connectivity index (χ4v) is 2.96. The average Bonchev–Trinajstić information content (AvgIpc) is 2.69. The third kappa shape index (κ3) is 6.59. The zero-order valence-electron chi connectivity index (χ0n) is 18.1. The molecule has 160 valence electrons. The van der Waals surface area contributed by atoms with Gasteiger partial charge in [-0.2, -0.15) is 0 Å². The molecule has 30 heavy (non-hydrogen) atoms. The molecule has 0 aliphatic rings. The maximum atomic E-state index is 12.3. The predicted octanol–water partition coefficient (Wildman–Crippen LogP) is 0.652. The van der Waals surface area contributed by atoms with Crippen molar-refractivity contribution in [2.24, 2.45) is 0 Å². The van der Waals surface area contributed by atoms with Crippen LogP contribution in [0, 0.1) is 0 Å². The number of carbonyl (C=O) groups is 3. The van der Waals surface area contributed by atoms with Gasteiger partial charge in [-0.05, 0) is 36.4 Å². The summed E-state index contributed by atoms with van der Waals surface area (Å²) < 4.78 is 0.